The topological polar surface area (TPSA) is 63.2 Å². The Hall–Kier alpha value is -1.14. The van der Waals surface area contributed by atoms with E-state index in [0.717, 1.165) is 23.0 Å². The van der Waals surface area contributed by atoms with Crippen molar-refractivity contribution in [1.82, 2.24) is 15.6 Å². The highest BCUT2D eigenvalue weighted by molar-refractivity contribution is 9.10. The van der Waals surface area contributed by atoms with Gasteiger partial charge in [0, 0.05) is 23.8 Å². The molecule has 0 saturated carbocycles. The first kappa shape index (κ1) is 19.9. The maximum atomic E-state index is 12.1. The van der Waals surface area contributed by atoms with Crippen LogP contribution in [0.4, 0.5) is 4.79 Å². The minimum atomic E-state index is -0.494. The Morgan fingerprint density at radius 3 is 2.39 bits per heavy atom. The van der Waals surface area contributed by atoms with Crippen LogP contribution in [-0.4, -0.2) is 28.8 Å². The van der Waals surface area contributed by atoms with E-state index in [1.807, 2.05) is 32.9 Å². The van der Waals surface area contributed by atoms with Gasteiger partial charge in [-0.05, 0) is 61.7 Å². The molecule has 130 valence electrons. The van der Waals surface area contributed by atoms with Crippen LogP contribution in [-0.2, 0) is 11.3 Å². The minimum Gasteiger partial charge on any atom is -0.444 e. The molecule has 0 bridgehead atoms. The van der Waals surface area contributed by atoms with Crippen molar-refractivity contribution < 1.29 is 9.53 Å². The van der Waals surface area contributed by atoms with Crippen molar-refractivity contribution in [3.8, 4) is 0 Å². The van der Waals surface area contributed by atoms with Gasteiger partial charge in [-0.3, -0.25) is 4.98 Å². The quantitative estimate of drug-likeness (QED) is 0.743. The average Bonchev–Trinajstić information content (AvgIpc) is 2.46. The normalized spacial score (nSPS) is 12.1. The third-order valence-electron chi connectivity index (χ3n) is 3.68. The van der Waals surface area contributed by atoms with Gasteiger partial charge in [-0.15, -0.1) is 0 Å². The molecular formula is C17H28BrN3O2. The number of nitrogens with zero attached hydrogens (tertiary/aromatic N) is 1. The van der Waals surface area contributed by atoms with Crippen molar-refractivity contribution in [3.63, 3.8) is 0 Å². The average molecular weight is 386 g/mol. The second kappa shape index (κ2) is 8.64. The Morgan fingerprint density at radius 2 is 1.91 bits per heavy atom. The highest BCUT2D eigenvalue weighted by Gasteiger charge is 2.30. The van der Waals surface area contributed by atoms with Gasteiger partial charge in [-0.2, -0.15) is 0 Å². The third-order valence-corrected chi connectivity index (χ3v) is 4.15. The van der Waals surface area contributed by atoms with E-state index in [1.165, 1.54) is 0 Å². The molecule has 0 atom stereocenters. The van der Waals surface area contributed by atoms with Crippen LogP contribution in [0.1, 0.15) is 53.2 Å². The van der Waals surface area contributed by atoms with Crippen LogP contribution >= 0.6 is 15.9 Å². The third kappa shape index (κ3) is 7.31. The lowest BCUT2D eigenvalue weighted by Crippen LogP contribution is -2.55. The molecule has 0 aromatic carbocycles. The van der Waals surface area contributed by atoms with Crippen molar-refractivity contribution in [2.24, 2.45) is 0 Å². The van der Waals surface area contributed by atoms with Gasteiger partial charge in [0.05, 0.1) is 11.2 Å². The molecular weight excluding hydrogens is 358 g/mol. The molecule has 0 unspecified atom stereocenters. The second-order valence-corrected chi connectivity index (χ2v) is 7.60. The number of rotatable bonds is 7. The molecule has 0 radical (unpaired) electrons. The molecule has 1 aromatic rings. The molecule has 5 nitrogen and oxygen atoms in total. The summed E-state index contributed by atoms with van der Waals surface area (Å²) in [5.74, 6) is 0. The van der Waals surface area contributed by atoms with Crippen LogP contribution in [0, 0.1) is 0 Å². The van der Waals surface area contributed by atoms with E-state index in [4.69, 9.17) is 4.74 Å². The van der Waals surface area contributed by atoms with Gasteiger partial charge < -0.3 is 15.4 Å². The molecule has 0 saturated heterocycles. The van der Waals surface area contributed by atoms with Crippen molar-refractivity contribution in [2.75, 3.05) is 6.54 Å². The molecule has 0 aliphatic heterocycles. The Labute approximate surface area is 147 Å². The predicted molar refractivity (Wildman–Crippen MR) is 96.3 cm³/mol. The summed E-state index contributed by atoms with van der Waals surface area (Å²) in [4.78, 5) is 16.4. The number of pyridine rings is 1. The summed E-state index contributed by atoms with van der Waals surface area (Å²) in [6.45, 7) is 11.1. The van der Waals surface area contributed by atoms with E-state index in [-0.39, 0.29) is 11.6 Å². The van der Waals surface area contributed by atoms with Crippen LogP contribution in [0.2, 0.25) is 0 Å². The number of carbonyl (C=O) groups is 1. The molecule has 1 rings (SSSR count). The molecule has 1 heterocycles. The minimum absolute atomic E-state index is 0.322. The molecule has 0 fully saturated rings. The first-order chi connectivity index (χ1) is 10.7. The number of ether oxygens (including phenoxy) is 1. The Balaban J connectivity index is 2.58. The lowest BCUT2D eigenvalue weighted by molar-refractivity contribution is 0.0446. The molecule has 0 aliphatic rings. The van der Waals surface area contributed by atoms with Crippen LogP contribution in [0.15, 0.2) is 22.8 Å². The van der Waals surface area contributed by atoms with Crippen molar-refractivity contribution >= 4 is 22.0 Å². The number of hydrogen-bond donors (Lipinski definition) is 2. The zero-order valence-corrected chi connectivity index (χ0v) is 16.3. The molecule has 1 amide bonds. The van der Waals surface area contributed by atoms with E-state index < -0.39 is 5.60 Å². The first-order valence-electron chi connectivity index (χ1n) is 8.02. The van der Waals surface area contributed by atoms with Gasteiger partial charge >= 0.3 is 6.09 Å². The summed E-state index contributed by atoms with van der Waals surface area (Å²) in [6, 6.07) is 3.94. The fraction of sp³-hybridized carbons (Fsp3) is 0.647. The molecule has 0 spiro atoms. The number of amides is 1. The Bertz CT molecular complexity index is 494. The van der Waals surface area contributed by atoms with Gasteiger partial charge in [-0.1, -0.05) is 13.8 Å². The fourth-order valence-corrected chi connectivity index (χ4v) is 2.42. The summed E-state index contributed by atoms with van der Waals surface area (Å²) < 4.78 is 6.34. The Kier molecular flexibility index (Phi) is 7.48. The maximum absolute atomic E-state index is 12.1. The molecule has 2 N–H and O–H groups in total. The number of carbonyl (C=O) groups excluding carboxylic acids is 1. The largest absolute Gasteiger partial charge is 0.444 e. The maximum Gasteiger partial charge on any atom is 0.408 e. The number of hydrogen-bond acceptors (Lipinski definition) is 4. The number of nitrogens with one attached hydrogen (secondary N) is 2. The lowest BCUT2D eigenvalue weighted by Gasteiger charge is -2.34. The second-order valence-electron chi connectivity index (χ2n) is 6.69. The molecule has 6 heteroatoms. The highest BCUT2D eigenvalue weighted by Crippen LogP contribution is 2.16. The SMILES string of the molecule is CCC(CC)(CNCc1ccc(Br)cn1)NC(=O)OC(C)(C)C. The number of halogens is 1. The van der Waals surface area contributed by atoms with Crippen LogP contribution in [0.3, 0.4) is 0 Å². The highest BCUT2D eigenvalue weighted by atomic mass is 79.9. The zero-order valence-electron chi connectivity index (χ0n) is 14.7. The van der Waals surface area contributed by atoms with Crippen LogP contribution in [0.5, 0.6) is 0 Å². The van der Waals surface area contributed by atoms with E-state index in [0.29, 0.717) is 13.1 Å². The number of alkyl carbamates (subject to hydrolysis) is 1. The van der Waals surface area contributed by atoms with E-state index in [1.54, 1.807) is 6.20 Å². The van der Waals surface area contributed by atoms with Gasteiger partial charge in [0.2, 0.25) is 0 Å². The van der Waals surface area contributed by atoms with Gasteiger partial charge in [-0.25, -0.2) is 4.79 Å². The molecule has 0 aliphatic carbocycles. The zero-order chi connectivity index (χ0) is 17.5. The van der Waals surface area contributed by atoms with Gasteiger partial charge in [0.25, 0.3) is 0 Å². The fourth-order valence-electron chi connectivity index (χ4n) is 2.18. The van der Waals surface area contributed by atoms with Crippen LogP contribution in [0.25, 0.3) is 0 Å². The smallest absolute Gasteiger partial charge is 0.408 e. The monoisotopic (exact) mass is 385 g/mol. The summed E-state index contributed by atoms with van der Waals surface area (Å²) >= 11 is 3.37. The van der Waals surface area contributed by atoms with Crippen molar-refractivity contribution in [1.29, 1.82) is 0 Å². The first-order valence-corrected chi connectivity index (χ1v) is 8.81. The van der Waals surface area contributed by atoms with E-state index in [9.17, 15) is 4.79 Å². The lowest BCUT2D eigenvalue weighted by atomic mass is 9.93. The standard InChI is InChI=1S/C17H28BrN3O2/c1-6-17(7-2,21-15(22)23-16(3,4)5)12-19-11-14-9-8-13(18)10-20-14/h8-10,19H,6-7,11-12H2,1-5H3,(H,21,22). The summed E-state index contributed by atoms with van der Waals surface area (Å²) in [6.07, 6.45) is 3.06. The predicted octanol–water partition coefficient (Wildman–Crippen LogP) is 4.02. The number of aromatic nitrogens is 1. The van der Waals surface area contributed by atoms with Gasteiger partial charge in [0.15, 0.2) is 0 Å². The van der Waals surface area contributed by atoms with Crippen LogP contribution < -0.4 is 10.6 Å². The van der Waals surface area contributed by atoms with Crippen molar-refractivity contribution in [3.05, 3.63) is 28.5 Å². The van der Waals surface area contributed by atoms with Gasteiger partial charge in [0.1, 0.15) is 5.60 Å². The van der Waals surface area contributed by atoms with E-state index >= 15 is 0 Å². The molecule has 1 aromatic heterocycles. The summed E-state index contributed by atoms with van der Waals surface area (Å²) in [5, 5.41) is 6.41. The van der Waals surface area contributed by atoms with Crippen molar-refractivity contribution in [2.45, 2.75) is 65.1 Å². The van der Waals surface area contributed by atoms with E-state index in [2.05, 4.69) is 45.4 Å². The summed E-state index contributed by atoms with van der Waals surface area (Å²) in [7, 11) is 0. The summed E-state index contributed by atoms with van der Waals surface area (Å²) in [5.41, 5.74) is 0.149. The molecule has 23 heavy (non-hydrogen) atoms. The Morgan fingerprint density at radius 1 is 1.26 bits per heavy atom.